The van der Waals surface area contributed by atoms with Gasteiger partial charge < -0.3 is 20.3 Å². The van der Waals surface area contributed by atoms with Crippen molar-refractivity contribution in [3.05, 3.63) is 29.3 Å². The summed E-state index contributed by atoms with van der Waals surface area (Å²) in [4.78, 5) is 34.0. The Kier molecular flexibility index (Phi) is 4.23. The molecule has 1 aromatic carbocycles. The molecule has 1 aliphatic rings. The maximum Gasteiger partial charge on any atom is 0.335 e. The summed E-state index contributed by atoms with van der Waals surface area (Å²) in [6.45, 7) is 2.38. The molecule has 7 heteroatoms. The van der Waals surface area contributed by atoms with Crippen molar-refractivity contribution >= 4 is 23.5 Å². The van der Waals surface area contributed by atoms with Gasteiger partial charge in [-0.2, -0.15) is 0 Å². The topological polar surface area (TPSA) is 113 Å². The molecule has 0 radical (unpaired) electrons. The van der Waals surface area contributed by atoms with Crippen molar-refractivity contribution in [2.45, 2.75) is 19.4 Å². The molecule has 0 spiro atoms. The number of carbonyl (C=O) groups is 3. The smallest absolute Gasteiger partial charge is 0.335 e. The van der Waals surface area contributed by atoms with E-state index in [0.29, 0.717) is 6.61 Å². The van der Waals surface area contributed by atoms with Crippen molar-refractivity contribution < 1.29 is 29.3 Å². The molecule has 21 heavy (non-hydrogen) atoms. The van der Waals surface area contributed by atoms with E-state index in [1.54, 1.807) is 0 Å². The van der Waals surface area contributed by atoms with E-state index in [4.69, 9.17) is 14.9 Å². The molecule has 2 atom stereocenters. The third-order valence-corrected chi connectivity index (χ3v) is 3.34. The second-order valence-electron chi connectivity index (χ2n) is 4.96. The van der Waals surface area contributed by atoms with E-state index in [2.05, 4.69) is 5.32 Å². The van der Waals surface area contributed by atoms with Crippen LogP contribution in [0, 0.1) is 5.92 Å². The van der Waals surface area contributed by atoms with Gasteiger partial charge >= 0.3 is 11.9 Å². The van der Waals surface area contributed by atoms with Crippen LogP contribution in [0.25, 0.3) is 0 Å². The summed E-state index contributed by atoms with van der Waals surface area (Å²) in [6.07, 6.45) is 0.167. The number of carboxylic acid groups (broad SMARTS) is 2. The minimum atomic E-state index is -1.26. The van der Waals surface area contributed by atoms with Gasteiger partial charge in [0.2, 0.25) is 0 Å². The zero-order valence-corrected chi connectivity index (χ0v) is 11.3. The summed E-state index contributed by atoms with van der Waals surface area (Å²) in [5, 5.41) is 20.5. The normalized spacial score (nSPS) is 21.0. The van der Waals surface area contributed by atoms with E-state index in [-0.39, 0.29) is 22.7 Å². The predicted molar refractivity (Wildman–Crippen MR) is 72.5 cm³/mol. The van der Waals surface area contributed by atoms with E-state index in [9.17, 15) is 14.4 Å². The van der Waals surface area contributed by atoms with Crippen molar-refractivity contribution in [1.82, 2.24) is 0 Å². The molecule has 0 aliphatic carbocycles. The fraction of sp³-hybridized carbons (Fsp3) is 0.357. The van der Waals surface area contributed by atoms with Gasteiger partial charge in [-0.1, -0.05) is 6.92 Å². The number of hydrogen-bond acceptors (Lipinski definition) is 4. The van der Waals surface area contributed by atoms with Crippen molar-refractivity contribution in [3.63, 3.8) is 0 Å². The molecule has 3 N–H and O–H groups in total. The van der Waals surface area contributed by atoms with Crippen LogP contribution < -0.4 is 5.32 Å². The third-order valence-electron chi connectivity index (χ3n) is 3.34. The number of ether oxygens (including phenoxy) is 1. The van der Waals surface area contributed by atoms with Crippen molar-refractivity contribution in [2.24, 2.45) is 5.92 Å². The number of hydrogen-bond donors (Lipinski definition) is 3. The van der Waals surface area contributed by atoms with Crippen molar-refractivity contribution in [2.75, 3.05) is 11.9 Å². The number of benzene rings is 1. The third kappa shape index (κ3) is 3.38. The molecule has 0 saturated carbocycles. The average Bonchev–Trinajstić information content (AvgIpc) is 2.84. The van der Waals surface area contributed by atoms with Gasteiger partial charge in [0.15, 0.2) is 0 Å². The lowest BCUT2D eigenvalue weighted by Gasteiger charge is -2.15. The van der Waals surface area contributed by atoms with E-state index < -0.39 is 23.9 Å². The molecule has 7 nitrogen and oxygen atoms in total. The molecule has 2 rings (SSSR count). The summed E-state index contributed by atoms with van der Waals surface area (Å²) >= 11 is 0. The van der Waals surface area contributed by atoms with Gasteiger partial charge in [-0.25, -0.2) is 9.59 Å². The summed E-state index contributed by atoms with van der Waals surface area (Å²) < 4.78 is 5.31. The highest BCUT2D eigenvalue weighted by atomic mass is 16.5. The Morgan fingerprint density at radius 3 is 2.14 bits per heavy atom. The Balaban J connectivity index is 2.24. The number of amides is 1. The fourth-order valence-electron chi connectivity index (χ4n) is 2.19. The monoisotopic (exact) mass is 293 g/mol. The van der Waals surface area contributed by atoms with Crippen LogP contribution in [-0.2, 0) is 9.53 Å². The minimum absolute atomic E-state index is 0.0617. The zero-order valence-electron chi connectivity index (χ0n) is 11.3. The average molecular weight is 293 g/mol. The van der Waals surface area contributed by atoms with Crippen LogP contribution in [0.2, 0.25) is 0 Å². The lowest BCUT2D eigenvalue weighted by atomic mass is 10.0. The molecule has 1 aliphatic heterocycles. The molecule has 0 bridgehead atoms. The molecule has 112 valence electrons. The molecule has 0 aromatic heterocycles. The highest BCUT2D eigenvalue weighted by molar-refractivity contribution is 5.99. The summed E-state index contributed by atoms with van der Waals surface area (Å²) in [6, 6.07) is 3.47. The highest BCUT2D eigenvalue weighted by Gasteiger charge is 2.31. The Morgan fingerprint density at radius 1 is 1.14 bits per heavy atom. The molecule has 1 saturated heterocycles. The van der Waals surface area contributed by atoms with E-state index >= 15 is 0 Å². The van der Waals surface area contributed by atoms with Crippen LogP contribution in [-0.4, -0.2) is 40.8 Å². The second kappa shape index (κ2) is 5.92. The maximum atomic E-state index is 12.1. The number of anilines is 1. The molecular weight excluding hydrogens is 278 g/mol. The van der Waals surface area contributed by atoms with Gasteiger partial charge in [0.1, 0.15) is 6.10 Å². The van der Waals surface area contributed by atoms with E-state index in [1.807, 2.05) is 6.92 Å². The molecule has 1 heterocycles. The van der Waals surface area contributed by atoms with Crippen LogP contribution in [0.4, 0.5) is 5.69 Å². The van der Waals surface area contributed by atoms with Crippen LogP contribution >= 0.6 is 0 Å². The Morgan fingerprint density at radius 2 is 1.71 bits per heavy atom. The quantitative estimate of drug-likeness (QED) is 0.774. The van der Waals surface area contributed by atoms with Gasteiger partial charge in [-0.15, -0.1) is 0 Å². The Bertz CT molecular complexity index is 565. The SMILES string of the molecule is CC1CCOC1C(=O)Nc1cc(C(=O)O)cc(C(=O)O)c1. The van der Waals surface area contributed by atoms with Gasteiger partial charge in [0, 0.05) is 12.3 Å². The van der Waals surface area contributed by atoms with E-state index in [1.165, 1.54) is 12.1 Å². The maximum absolute atomic E-state index is 12.1. The van der Waals surface area contributed by atoms with Crippen LogP contribution in [0.3, 0.4) is 0 Å². The van der Waals surface area contributed by atoms with Gasteiger partial charge in [-0.05, 0) is 30.5 Å². The lowest BCUT2D eigenvalue weighted by Crippen LogP contribution is -2.31. The first-order valence-corrected chi connectivity index (χ1v) is 6.42. The fourth-order valence-corrected chi connectivity index (χ4v) is 2.19. The molecule has 2 unspecified atom stereocenters. The molecule has 1 fully saturated rings. The predicted octanol–water partition coefficient (Wildman–Crippen LogP) is 1.45. The first kappa shape index (κ1) is 15.0. The van der Waals surface area contributed by atoms with Gasteiger partial charge in [-0.3, -0.25) is 4.79 Å². The van der Waals surface area contributed by atoms with Crippen LogP contribution in [0.5, 0.6) is 0 Å². The Labute approximate surface area is 120 Å². The molecule has 1 aromatic rings. The first-order chi connectivity index (χ1) is 9.88. The molecule has 1 amide bonds. The minimum Gasteiger partial charge on any atom is -0.478 e. The van der Waals surface area contributed by atoms with Gasteiger partial charge in [0.05, 0.1) is 11.1 Å². The summed E-state index contributed by atoms with van der Waals surface area (Å²) in [5.41, 5.74) is -0.281. The highest BCUT2D eigenvalue weighted by Crippen LogP contribution is 2.22. The standard InChI is InChI=1S/C14H15NO6/c1-7-2-3-21-11(7)12(16)15-10-5-8(13(17)18)4-9(6-10)14(19)20/h4-7,11H,2-3H2,1H3,(H,15,16)(H,17,18)(H,19,20). The zero-order chi connectivity index (χ0) is 15.6. The van der Waals surface area contributed by atoms with Crippen LogP contribution in [0.15, 0.2) is 18.2 Å². The Hall–Kier alpha value is -2.41. The first-order valence-electron chi connectivity index (χ1n) is 6.42. The largest absolute Gasteiger partial charge is 0.478 e. The summed E-state index contributed by atoms with van der Waals surface area (Å²) in [5.74, 6) is -2.87. The van der Waals surface area contributed by atoms with Crippen molar-refractivity contribution in [3.8, 4) is 0 Å². The number of carbonyl (C=O) groups excluding carboxylic acids is 1. The molecular formula is C14H15NO6. The second-order valence-corrected chi connectivity index (χ2v) is 4.96. The van der Waals surface area contributed by atoms with Gasteiger partial charge in [0.25, 0.3) is 5.91 Å². The number of rotatable bonds is 4. The summed E-state index contributed by atoms with van der Waals surface area (Å²) in [7, 11) is 0. The number of carboxylic acids is 2. The lowest BCUT2D eigenvalue weighted by molar-refractivity contribution is -0.126. The van der Waals surface area contributed by atoms with E-state index in [0.717, 1.165) is 12.5 Å². The number of nitrogens with one attached hydrogen (secondary N) is 1. The van der Waals surface area contributed by atoms with Crippen LogP contribution in [0.1, 0.15) is 34.1 Å². The number of aromatic carboxylic acids is 2. The van der Waals surface area contributed by atoms with Crippen molar-refractivity contribution in [1.29, 1.82) is 0 Å².